The number of methoxy groups -OCH3 is 1. The number of carbonyl (C=O) groups is 4. The van der Waals surface area contributed by atoms with E-state index in [0.717, 1.165) is 0 Å². The molecule has 1 heterocycles. The SMILES string of the molecule is CC=C[C@@H](OC)[C@@H](C)C(=O)N[C@H](C(=O)N[C@@H](C)C(=O)N1CCC[C@@H](C(=O)O)N1)C(C)C. The van der Waals surface area contributed by atoms with Crippen molar-refractivity contribution in [2.45, 2.75) is 71.7 Å². The van der Waals surface area contributed by atoms with E-state index in [2.05, 4.69) is 16.1 Å². The van der Waals surface area contributed by atoms with Gasteiger partial charge in [0.2, 0.25) is 11.8 Å². The maximum Gasteiger partial charge on any atom is 0.322 e. The van der Waals surface area contributed by atoms with E-state index in [0.29, 0.717) is 19.4 Å². The van der Waals surface area contributed by atoms with E-state index in [1.54, 1.807) is 32.9 Å². The number of allylic oxidation sites excluding steroid dienone is 1. The first-order valence-corrected chi connectivity index (χ1v) is 10.6. The van der Waals surface area contributed by atoms with Gasteiger partial charge in [-0.2, -0.15) is 0 Å². The molecule has 0 aromatic heterocycles. The topological polar surface area (TPSA) is 137 Å². The summed E-state index contributed by atoms with van der Waals surface area (Å²) in [5.41, 5.74) is 2.68. The third kappa shape index (κ3) is 7.62. The number of aliphatic carboxylic acids is 1. The first-order valence-electron chi connectivity index (χ1n) is 10.6. The first kappa shape index (κ1) is 26.6. The number of rotatable bonds is 10. The highest BCUT2D eigenvalue weighted by molar-refractivity contribution is 5.92. The Morgan fingerprint density at radius 1 is 1.13 bits per heavy atom. The molecule has 0 aromatic carbocycles. The molecule has 1 aliphatic rings. The van der Waals surface area contributed by atoms with Gasteiger partial charge in [-0.1, -0.05) is 32.9 Å². The molecule has 10 heteroatoms. The number of hydrogen-bond donors (Lipinski definition) is 4. The Kier molecular flexibility index (Phi) is 10.6. The number of carboxylic acid groups (broad SMARTS) is 1. The largest absolute Gasteiger partial charge is 0.480 e. The van der Waals surface area contributed by atoms with E-state index in [1.807, 2.05) is 6.92 Å². The van der Waals surface area contributed by atoms with Crippen LogP contribution in [0.4, 0.5) is 0 Å². The first-order chi connectivity index (χ1) is 14.5. The number of nitrogens with zero attached hydrogens (tertiary/aromatic N) is 1. The molecule has 0 saturated carbocycles. The lowest BCUT2D eigenvalue weighted by Gasteiger charge is -2.34. The molecule has 4 N–H and O–H groups in total. The number of carboxylic acids is 1. The van der Waals surface area contributed by atoms with Crippen LogP contribution < -0.4 is 16.1 Å². The van der Waals surface area contributed by atoms with Crippen molar-refractivity contribution in [3.63, 3.8) is 0 Å². The van der Waals surface area contributed by atoms with Gasteiger partial charge in [0, 0.05) is 13.7 Å². The lowest BCUT2D eigenvalue weighted by Crippen LogP contribution is -2.61. The fourth-order valence-electron chi connectivity index (χ4n) is 3.33. The van der Waals surface area contributed by atoms with Gasteiger partial charge >= 0.3 is 5.97 Å². The van der Waals surface area contributed by atoms with E-state index in [1.165, 1.54) is 19.0 Å². The fraction of sp³-hybridized carbons (Fsp3) is 0.714. The van der Waals surface area contributed by atoms with Crippen molar-refractivity contribution in [1.29, 1.82) is 0 Å². The number of carbonyl (C=O) groups excluding carboxylic acids is 3. The van der Waals surface area contributed by atoms with Gasteiger partial charge in [-0.05, 0) is 32.6 Å². The minimum atomic E-state index is -1.03. The molecule has 1 fully saturated rings. The fourth-order valence-corrected chi connectivity index (χ4v) is 3.33. The van der Waals surface area contributed by atoms with E-state index < -0.39 is 47.9 Å². The summed E-state index contributed by atoms with van der Waals surface area (Å²) in [4.78, 5) is 49.3. The molecule has 1 aliphatic heterocycles. The van der Waals surface area contributed by atoms with Crippen molar-refractivity contribution in [2.24, 2.45) is 11.8 Å². The number of ether oxygens (including phenoxy) is 1. The number of nitrogens with one attached hydrogen (secondary N) is 3. The summed E-state index contributed by atoms with van der Waals surface area (Å²) in [6.07, 6.45) is 4.11. The summed E-state index contributed by atoms with van der Waals surface area (Å²) < 4.78 is 5.32. The smallest absolute Gasteiger partial charge is 0.322 e. The van der Waals surface area contributed by atoms with Gasteiger partial charge in [-0.15, -0.1) is 0 Å². The van der Waals surface area contributed by atoms with Gasteiger partial charge in [0.25, 0.3) is 5.91 Å². The average molecular weight is 441 g/mol. The molecule has 0 aromatic rings. The van der Waals surface area contributed by atoms with Crippen LogP contribution in [0.1, 0.15) is 47.5 Å². The molecule has 176 valence electrons. The molecule has 1 rings (SSSR count). The van der Waals surface area contributed by atoms with Crippen molar-refractivity contribution >= 4 is 23.7 Å². The molecule has 5 atom stereocenters. The highest BCUT2D eigenvalue weighted by atomic mass is 16.5. The van der Waals surface area contributed by atoms with Crippen LogP contribution in [-0.4, -0.2) is 71.7 Å². The molecule has 0 radical (unpaired) electrons. The Morgan fingerprint density at radius 3 is 2.29 bits per heavy atom. The zero-order chi connectivity index (χ0) is 23.7. The maximum absolute atomic E-state index is 12.8. The average Bonchev–Trinajstić information content (AvgIpc) is 2.74. The standard InChI is InChI=1S/C21H36N4O6/c1-7-9-16(31-6)13(4)18(26)23-17(12(2)3)19(27)22-14(5)20(28)25-11-8-10-15(24-25)21(29)30/h7,9,12-17,24H,8,10-11H2,1-6H3,(H,22,27)(H,23,26)(H,29,30)/t13-,14+,15+,16-,17+/m1/s1. The minimum Gasteiger partial charge on any atom is -0.480 e. The zero-order valence-corrected chi connectivity index (χ0v) is 19.2. The summed E-state index contributed by atoms with van der Waals surface area (Å²) in [6, 6.07) is -2.57. The maximum atomic E-state index is 12.8. The van der Waals surface area contributed by atoms with Crippen LogP contribution >= 0.6 is 0 Å². The van der Waals surface area contributed by atoms with Crippen LogP contribution in [0.3, 0.4) is 0 Å². The van der Waals surface area contributed by atoms with Crippen LogP contribution in [0.25, 0.3) is 0 Å². The molecule has 3 amide bonds. The summed E-state index contributed by atoms with van der Waals surface area (Å²) in [6.45, 7) is 9.02. The lowest BCUT2D eigenvalue weighted by molar-refractivity contribution is -0.148. The highest BCUT2D eigenvalue weighted by Gasteiger charge is 2.33. The van der Waals surface area contributed by atoms with Crippen molar-refractivity contribution in [2.75, 3.05) is 13.7 Å². The number of hydrogen-bond acceptors (Lipinski definition) is 6. The quantitative estimate of drug-likeness (QED) is 0.362. The van der Waals surface area contributed by atoms with Crippen LogP contribution in [0, 0.1) is 11.8 Å². The zero-order valence-electron chi connectivity index (χ0n) is 19.2. The van der Waals surface area contributed by atoms with Crippen molar-refractivity contribution in [3.8, 4) is 0 Å². The summed E-state index contributed by atoms with van der Waals surface area (Å²) in [7, 11) is 1.51. The molecule has 0 bridgehead atoms. The molecule has 0 spiro atoms. The van der Waals surface area contributed by atoms with Crippen LogP contribution in [0.15, 0.2) is 12.2 Å². The molecular weight excluding hydrogens is 404 g/mol. The second-order valence-electron chi connectivity index (χ2n) is 8.13. The Balaban J connectivity index is 2.77. The normalized spacial score (nSPS) is 20.7. The van der Waals surface area contributed by atoms with Gasteiger partial charge < -0.3 is 20.5 Å². The molecule has 0 aliphatic carbocycles. The lowest BCUT2D eigenvalue weighted by atomic mass is 9.99. The Bertz CT molecular complexity index is 681. The monoisotopic (exact) mass is 440 g/mol. The highest BCUT2D eigenvalue weighted by Crippen LogP contribution is 2.12. The summed E-state index contributed by atoms with van der Waals surface area (Å²) in [5.74, 6) is -3.01. The Morgan fingerprint density at radius 2 is 1.77 bits per heavy atom. The van der Waals surface area contributed by atoms with Crippen LogP contribution in [0.5, 0.6) is 0 Å². The predicted molar refractivity (Wildman–Crippen MR) is 115 cm³/mol. The van der Waals surface area contributed by atoms with Crippen LogP contribution in [-0.2, 0) is 23.9 Å². The van der Waals surface area contributed by atoms with Gasteiger partial charge in [0.15, 0.2) is 0 Å². The van der Waals surface area contributed by atoms with Gasteiger partial charge in [-0.25, -0.2) is 5.43 Å². The molecular formula is C21H36N4O6. The number of amides is 3. The van der Waals surface area contributed by atoms with Crippen molar-refractivity contribution in [3.05, 3.63) is 12.2 Å². The van der Waals surface area contributed by atoms with E-state index in [9.17, 15) is 19.2 Å². The minimum absolute atomic E-state index is 0.217. The van der Waals surface area contributed by atoms with Crippen molar-refractivity contribution in [1.82, 2.24) is 21.1 Å². The molecule has 31 heavy (non-hydrogen) atoms. The van der Waals surface area contributed by atoms with E-state index in [4.69, 9.17) is 9.84 Å². The number of hydrazine groups is 1. The summed E-state index contributed by atoms with van der Waals surface area (Å²) >= 11 is 0. The molecule has 0 unspecified atom stereocenters. The summed E-state index contributed by atoms with van der Waals surface area (Å²) in [5, 5.41) is 15.8. The predicted octanol–water partition coefficient (Wildman–Crippen LogP) is 0.439. The third-order valence-electron chi connectivity index (χ3n) is 5.29. The van der Waals surface area contributed by atoms with E-state index >= 15 is 0 Å². The van der Waals surface area contributed by atoms with Gasteiger partial charge in [-0.3, -0.25) is 24.2 Å². The van der Waals surface area contributed by atoms with Gasteiger partial charge in [0.1, 0.15) is 18.1 Å². The Labute approximate surface area is 183 Å². The Hall–Kier alpha value is -2.46. The molecule has 10 nitrogen and oxygen atoms in total. The second-order valence-corrected chi connectivity index (χ2v) is 8.13. The van der Waals surface area contributed by atoms with Gasteiger partial charge in [0.05, 0.1) is 12.0 Å². The van der Waals surface area contributed by atoms with Crippen molar-refractivity contribution < 1.29 is 29.0 Å². The third-order valence-corrected chi connectivity index (χ3v) is 5.29. The molecule has 1 saturated heterocycles. The van der Waals surface area contributed by atoms with E-state index in [-0.39, 0.29) is 11.8 Å². The second kappa shape index (κ2) is 12.4. The van der Waals surface area contributed by atoms with Crippen LogP contribution in [0.2, 0.25) is 0 Å².